The molecule has 0 radical (unpaired) electrons. The highest BCUT2D eigenvalue weighted by atomic mass is 35.5. The van der Waals surface area contributed by atoms with E-state index in [-0.39, 0.29) is 35.5 Å². The number of benzene rings is 1. The smallest absolute Gasteiger partial charge is 0.343 e. The van der Waals surface area contributed by atoms with Crippen LogP contribution >= 0.6 is 11.6 Å². The Hall–Kier alpha value is -4.24. The number of aryl methyl sites for hydroxylation is 1. The molecule has 0 atom stereocenters. The molecule has 4 heterocycles. The summed E-state index contributed by atoms with van der Waals surface area (Å²) in [6, 6.07) is 12.2. The highest BCUT2D eigenvalue weighted by Crippen LogP contribution is 2.20. The predicted molar refractivity (Wildman–Crippen MR) is 132 cm³/mol. The molecule has 4 aromatic heterocycles. The number of halogens is 1. The molecule has 10 heteroatoms. The lowest BCUT2D eigenvalue weighted by Crippen LogP contribution is -2.23. The van der Waals surface area contributed by atoms with Crippen LogP contribution in [0.25, 0.3) is 27.6 Å². The number of ether oxygens (including phenoxy) is 1. The van der Waals surface area contributed by atoms with Crippen molar-refractivity contribution in [2.24, 2.45) is 0 Å². The standard InChI is InChI=1S/C25H20ClN5O4/c1-3-35-25(34)21-14(2)28-29-22(21)31-11-9-20-17(24(31)33)12-16-19(27-20)8-10-30(23(16)32)13-15-6-4-5-7-18(15)26/h4-12H,3,13H2,1-2H3,(H,28,29). The first kappa shape index (κ1) is 22.5. The van der Waals surface area contributed by atoms with Crippen LogP contribution in [0.15, 0.2) is 64.4 Å². The SMILES string of the molecule is CCOC(=O)c1c(-n2ccc3nc4ccn(Cc5ccccc5Cl)c(=O)c4cc3c2=O)n[nH]c1C. The number of rotatable bonds is 5. The number of fused-ring (bicyclic) bond motifs is 2. The van der Waals surface area contributed by atoms with E-state index in [0.29, 0.717) is 27.1 Å². The first-order valence-corrected chi connectivity index (χ1v) is 11.3. The van der Waals surface area contributed by atoms with Gasteiger partial charge in [-0.3, -0.25) is 19.3 Å². The van der Waals surface area contributed by atoms with Gasteiger partial charge >= 0.3 is 5.97 Å². The second-order valence-electron chi connectivity index (χ2n) is 7.95. The third-order valence-corrected chi connectivity index (χ3v) is 6.12. The normalized spacial score (nSPS) is 11.3. The predicted octanol–water partition coefficient (Wildman–Crippen LogP) is 3.61. The minimum absolute atomic E-state index is 0.122. The van der Waals surface area contributed by atoms with E-state index in [4.69, 9.17) is 16.3 Å². The molecular formula is C25H20ClN5O4. The Bertz CT molecular complexity index is 1730. The van der Waals surface area contributed by atoms with Crippen molar-refractivity contribution in [3.63, 3.8) is 0 Å². The van der Waals surface area contributed by atoms with Gasteiger partial charge in [0.05, 0.1) is 35.0 Å². The topological polar surface area (TPSA) is 112 Å². The number of carbonyl (C=O) groups is 1. The van der Waals surface area contributed by atoms with E-state index in [1.807, 2.05) is 18.2 Å². The molecule has 1 N–H and O–H groups in total. The number of carbonyl (C=O) groups excluding carboxylic acids is 1. The van der Waals surface area contributed by atoms with Crippen LogP contribution in [0.2, 0.25) is 5.02 Å². The highest BCUT2D eigenvalue weighted by molar-refractivity contribution is 6.31. The van der Waals surface area contributed by atoms with Gasteiger partial charge in [-0.25, -0.2) is 9.78 Å². The van der Waals surface area contributed by atoms with Crippen molar-refractivity contribution in [2.75, 3.05) is 6.61 Å². The third-order valence-electron chi connectivity index (χ3n) is 5.75. The third kappa shape index (κ3) is 3.89. The summed E-state index contributed by atoms with van der Waals surface area (Å²) in [5.41, 5.74) is 1.58. The summed E-state index contributed by atoms with van der Waals surface area (Å²) in [4.78, 5) is 43.7. The monoisotopic (exact) mass is 489 g/mol. The van der Waals surface area contributed by atoms with Gasteiger partial charge in [-0.2, -0.15) is 5.10 Å². The van der Waals surface area contributed by atoms with E-state index < -0.39 is 11.5 Å². The van der Waals surface area contributed by atoms with Gasteiger partial charge < -0.3 is 9.30 Å². The summed E-state index contributed by atoms with van der Waals surface area (Å²) in [6.07, 6.45) is 3.16. The maximum atomic E-state index is 13.4. The molecule has 35 heavy (non-hydrogen) atoms. The highest BCUT2D eigenvalue weighted by Gasteiger charge is 2.22. The number of nitrogens with zero attached hydrogens (tertiary/aromatic N) is 4. The molecule has 0 aliphatic carbocycles. The van der Waals surface area contributed by atoms with Crippen LogP contribution in [0.5, 0.6) is 0 Å². The molecule has 5 aromatic rings. The van der Waals surface area contributed by atoms with Gasteiger partial charge in [-0.15, -0.1) is 0 Å². The number of pyridine rings is 3. The average Bonchev–Trinajstić information content (AvgIpc) is 3.23. The lowest BCUT2D eigenvalue weighted by atomic mass is 10.1. The Morgan fingerprint density at radius 3 is 2.51 bits per heavy atom. The van der Waals surface area contributed by atoms with Gasteiger partial charge in [0.2, 0.25) is 0 Å². The Balaban J connectivity index is 1.67. The summed E-state index contributed by atoms with van der Waals surface area (Å²) >= 11 is 6.26. The summed E-state index contributed by atoms with van der Waals surface area (Å²) in [5, 5.41) is 7.96. The lowest BCUT2D eigenvalue weighted by Gasteiger charge is -2.10. The first-order valence-electron chi connectivity index (χ1n) is 10.9. The maximum Gasteiger partial charge on any atom is 0.343 e. The molecule has 9 nitrogen and oxygen atoms in total. The molecular weight excluding hydrogens is 470 g/mol. The molecule has 5 rings (SSSR count). The molecule has 1 aromatic carbocycles. The molecule has 0 bridgehead atoms. The zero-order valence-corrected chi connectivity index (χ0v) is 19.7. The van der Waals surface area contributed by atoms with Crippen molar-refractivity contribution in [1.82, 2.24) is 24.3 Å². The Kier molecular flexibility index (Phi) is 5.70. The molecule has 0 aliphatic rings. The number of hydrogen-bond donors (Lipinski definition) is 1. The van der Waals surface area contributed by atoms with E-state index in [9.17, 15) is 14.4 Å². The van der Waals surface area contributed by atoms with Gasteiger partial charge in [0.15, 0.2) is 5.82 Å². The first-order chi connectivity index (χ1) is 16.9. The van der Waals surface area contributed by atoms with E-state index in [0.717, 1.165) is 5.56 Å². The molecule has 0 saturated carbocycles. The fraction of sp³-hybridized carbons (Fsp3) is 0.160. The van der Waals surface area contributed by atoms with E-state index >= 15 is 0 Å². The van der Waals surface area contributed by atoms with Crippen molar-refractivity contribution in [3.8, 4) is 5.82 Å². The molecule has 0 unspecified atom stereocenters. The van der Waals surface area contributed by atoms with Crippen LogP contribution in [0.1, 0.15) is 28.5 Å². The molecule has 0 amide bonds. The van der Waals surface area contributed by atoms with Crippen molar-refractivity contribution in [2.45, 2.75) is 20.4 Å². The largest absolute Gasteiger partial charge is 0.462 e. The maximum absolute atomic E-state index is 13.4. The zero-order valence-electron chi connectivity index (χ0n) is 18.9. The molecule has 0 spiro atoms. The van der Waals surface area contributed by atoms with Crippen molar-refractivity contribution >= 4 is 39.4 Å². The fourth-order valence-corrected chi connectivity index (χ4v) is 4.20. The summed E-state index contributed by atoms with van der Waals surface area (Å²) in [5.74, 6) is -0.461. The van der Waals surface area contributed by atoms with E-state index in [1.54, 1.807) is 38.2 Å². The minimum Gasteiger partial charge on any atom is -0.462 e. The van der Waals surface area contributed by atoms with E-state index in [2.05, 4.69) is 15.2 Å². The van der Waals surface area contributed by atoms with Gasteiger partial charge in [0.25, 0.3) is 11.1 Å². The Labute approximate surface area is 203 Å². The van der Waals surface area contributed by atoms with Crippen LogP contribution in [0.4, 0.5) is 0 Å². The van der Waals surface area contributed by atoms with Crippen molar-refractivity contribution < 1.29 is 9.53 Å². The second kappa shape index (κ2) is 8.84. The van der Waals surface area contributed by atoms with Crippen LogP contribution in [0, 0.1) is 6.92 Å². The van der Waals surface area contributed by atoms with Gasteiger partial charge in [0, 0.05) is 23.1 Å². The van der Waals surface area contributed by atoms with Crippen LogP contribution in [0.3, 0.4) is 0 Å². The van der Waals surface area contributed by atoms with Crippen LogP contribution in [-0.4, -0.2) is 36.9 Å². The van der Waals surface area contributed by atoms with Crippen molar-refractivity contribution in [3.05, 3.63) is 97.4 Å². The number of nitrogens with one attached hydrogen (secondary N) is 1. The van der Waals surface area contributed by atoms with Gasteiger partial charge in [-0.05, 0) is 43.7 Å². The number of H-pyrrole nitrogens is 1. The van der Waals surface area contributed by atoms with Crippen LogP contribution < -0.4 is 11.1 Å². The summed E-state index contributed by atoms with van der Waals surface area (Å²) < 4.78 is 7.89. The minimum atomic E-state index is -0.583. The molecule has 176 valence electrons. The summed E-state index contributed by atoms with van der Waals surface area (Å²) in [7, 11) is 0. The number of hydrogen-bond acceptors (Lipinski definition) is 6. The van der Waals surface area contributed by atoms with Crippen molar-refractivity contribution in [1.29, 1.82) is 0 Å². The Morgan fingerprint density at radius 2 is 1.77 bits per heavy atom. The second-order valence-corrected chi connectivity index (χ2v) is 8.36. The molecule has 0 saturated heterocycles. The average molecular weight is 490 g/mol. The lowest BCUT2D eigenvalue weighted by molar-refractivity contribution is 0.0525. The summed E-state index contributed by atoms with van der Waals surface area (Å²) in [6.45, 7) is 3.84. The quantitative estimate of drug-likeness (QED) is 0.298. The fourth-order valence-electron chi connectivity index (χ4n) is 4.00. The zero-order chi connectivity index (χ0) is 24.7. The number of esters is 1. The Morgan fingerprint density at radius 1 is 1.06 bits per heavy atom. The molecule has 0 fully saturated rings. The number of aromatic nitrogens is 5. The van der Waals surface area contributed by atoms with Crippen LogP contribution in [-0.2, 0) is 11.3 Å². The number of aromatic amines is 1. The van der Waals surface area contributed by atoms with E-state index in [1.165, 1.54) is 21.4 Å². The van der Waals surface area contributed by atoms with Gasteiger partial charge in [-0.1, -0.05) is 29.8 Å². The molecule has 0 aliphatic heterocycles. The van der Waals surface area contributed by atoms with Gasteiger partial charge in [0.1, 0.15) is 5.56 Å².